The van der Waals surface area contributed by atoms with Crippen molar-refractivity contribution in [2.45, 2.75) is 38.4 Å². The van der Waals surface area contributed by atoms with Crippen LogP contribution in [0.3, 0.4) is 0 Å². The summed E-state index contributed by atoms with van der Waals surface area (Å²) < 4.78 is 38.5. The van der Waals surface area contributed by atoms with Gasteiger partial charge in [-0.1, -0.05) is 11.3 Å². The first-order chi connectivity index (χ1) is 15.8. The van der Waals surface area contributed by atoms with Crippen LogP contribution >= 0.6 is 11.3 Å². The fourth-order valence-electron chi connectivity index (χ4n) is 4.17. The summed E-state index contributed by atoms with van der Waals surface area (Å²) in [5.74, 6) is 0.138. The SMILES string of the molecule is Cc1nnc(N2CCN(CCC(=O)N3CCC(Nc4ccnc(C(F)(F)F)c4)CC3)CC2)s1. The second-order valence-electron chi connectivity index (χ2n) is 8.41. The zero-order valence-corrected chi connectivity index (χ0v) is 19.3. The third-order valence-corrected chi connectivity index (χ3v) is 6.97. The Bertz CT molecular complexity index is 938. The summed E-state index contributed by atoms with van der Waals surface area (Å²) in [6.07, 6.45) is -1.41. The summed E-state index contributed by atoms with van der Waals surface area (Å²) in [6, 6.07) is 2.61. The maximum absolute atomic E-state index is 12.8. The van der Waals surface area contributed by atoms with E-state index in [4.69, 9.17) is 0 Å². The van der Waals surface area contributed by atoms with Crippen molar-refractivity contribution in [3.05, 3.63) is 29.0 Å². The molecule has 0 aliphatic carbocycles. The number of alkyl halides is 3. The lowest BCUT2D eigenvalue weighted by Gasteiger charge is -2.35. The fraction of sp³-hybridized carbons (Fsp3) is 0.619. The Kier molecular flexibility index (Phi) is 7.32. The number of rotatable bonds is 6. The van der Waals surface area contributed by atoms with Gasteiger partial charge >= 0.3 is 6.18 Å². The van der Waals surface area contributed by atoms with E-state index >= 15 is 0 Å². The van der Waals surface area contributed by atoms with E-state index in [-0.39, 0.29) is 11.9 Å². The van der Waals surface area contributed by atoms with Crippen LogP contribution in [0.15, 0.2) is 18.3 Å². The highest BCUT2D eigenvalue weighted by Crippen LogP contribution is 2.29. The highest BCUT2D eigenvalue weighted by atomic mass is 32.1. The zero-order valence-electron chi connectivity index (χ0n) is 18.5. The molecule has 8 nitrogen and oxygen atoms in total. The fourth-order valence-corrected chi connectivity index (χ4v) is 4.91. The Morgan fingerprint density at radius 2 is 1.88 bits per heavy atom. The number of nitrogens with one attached hydrogen (secondary N) is 1. The van der Waals surface area contributed by atoms with Crippen LogP contribution in [0.1, 0.15) is 30.0 Å². The third kappa shape index (κ3) is 6.32. The van der Waals surface area contributed by atoms with Crippen LogP contribution in [0.25, 0.3) is 0 Å². The number of aromatic nitrogens is 3. The Morgan fingerprint density at radius 1 is 1.15 bits per heavy atom. The molecule has 1 N–H and O–H groups in total. The van der Waals surface area contributed by atoms with Crippen molar-refractivity contribution in [1.82, 2.24) is 25.0 Å². The molecule has 2 saturated heterocycles. The van der Waals surface area contributed by atoms with Gasteiger partial charge in [-0.2, -0.15) is 13.2 Å². The largest absolute Gasteiger partial charge is 0.433 e. The number of hydrogen-bond acceptors (Lipinski definition) is 8. The minimum absolute atomic E-state index is 0.0367. The van der Waals surface area contributed by atoms with E-state index in [1.807, 2.05) is 11.8 Å². The van der Waals surface area contributed by atoms with Crippen LogP contribution in [0.4, 0.5) is 24.0 Å². The second-order valence-corrected chi connectivity index (χ2v) is 9.57. The zero-order chi connectivity index (χ0) is 23.4. The molecular weight excluding hydrogens is 455 g/mol. The molecule has 0 unspecified atom stereocenters. The van der Waals surface area contributed by atoms with Gasteiger partial charge in [0.1, 0.15) is 10.7 Å². The molecule has 2 aliphatic rings. The van der Waals surface area contributed by atoms with Gasteiger partial charge in [0.05, 0.1) is 0 Å². The van der Waals surface area contributed by atoms with Gasteiger partial charge in [0.2, 0.25) is 11.0 Å². The van der Waals surface area contributed by atoms with Crippen molar-refractivity contribution in [2.24, 2.45) is 0 Å². The Labute approximate surface area is 194 Å². The lowest BCUT2D eigenvalue weighted by atomic mass is 10.0. The van der Waals surface area contributed by atoms with Gasteiger partial charge in [-0.15, -0.1) is 10.2 Å². The van der Waals surface area contributed by atoms with Crippen LogP contribution in [0, 0.1) is 6.92 Å². The Hall–Kier alpha value is -2.47. The molecule has 4 rings (SSSR count). The molecule has 1 amide bonds. The van der Waals surface area contributed by atoms with E-state index in [0.717, 1.165) is 48.9 Å². The van der Waals surface area contributed by atoms with Crippen LogP contribution < -0.4 is 10.2 Å². The van der Waals surface area contributed by atoms with Crippen LogP contribution in [0.5, 0.6) is 0 Å². The number of amides is 1. The number of halogens is 3. The van der Waals surface area contributed by atoms with E-state index in [1.54, 1.807) is 17.4 Å². The summed E-state index contributed by atoms with van der Waals surface area (Å²) in [7, 11) is 0. The highest BCUT2D eigenvalue weighted by Gasteiger charge is 2.33. The monoisotopic (exact) mass is 483 g/mol. The van der Waals surface area contributed by atoms with Gasteiger partial charge in [-0.25, -0.2) is 0 Å². The van der Waals surface area contributed by atoms with E-state index in [1.165, 1.54) is 6.20 Å². The Morgan fingerprint density at radius 3 is 2.52 bits per heavy atom. The van der Waals surface area contributed by atoms with Gasteiger partial charge in [-0.05, 0) is 31.9 Å². The molecule has 180 valence electrons. The van der Waals surface area contributed by atoms with Crippen LogP contribution in [-0.2, 0) is 11.0 Å². The number of nitrogens with zero attached hydrogens (tertiary/aromatic N) is 6. The molecule has 0 radical (unpaired) electrons. The molecule has 33 heavy (non-hydrogen) atoms. The van der Waals surface area contributed by atoms with Crippen molar-refractivity contribution < 1.29 is 18.0 Å². The smallest absolute Gasteiger partial charge is 0.382 e. The standard InChI is InChI=1S/C21H28F3N7OS/c1-15-27-28-20(33-15)31-12-10-29(11-13-31)7-5-19(32)30-8-3-16(4-9-30)26-17-2-6-25-18(14-17)21(22,23)24/h2,6,14,16H,3-5,7-13H2,1H3,(H,25,26). The number of aryl methyl sites for hydroxylation is 1. The van der Waals surface area contributed by atoms with Gasteiger partial charge in [-0.3, -0.25) is 14.7 Å². The number of pyridine rings is 1. The summed E-state index contributed by atoms with van der Waals surface area (Å²) in [5, 5.41) is 13.4. The molecule has 0 spiro atoms. The lowest BCUT2D eigenvalue weighted by molar-refractivity contribution is -0.141. The maximum atomic E-state index is 12.8. The number of carbonyl (C=O) groups excluding carboxylic acids is 1. The minimum Gasteiger partial charge on any atom is -0.382 e. The average Bonchev–Trinajstić information content (AvgIpc) is 3.24. The van der Waals surface area contributed by atoms with Gasteiger partial charge < -0.3 is 15.1 Å². The second kappa shape index (κ2) is 10.2. The molecule has 0 saturated carbocycles. The maximum Gasteiger partial charge on any atom is 0.433 e. The van der Waals surface area contributed by atoms with Gasteiger partial charge in [0, 0.05) is 70.2 Å². The number of hydrogen-bond donors (Lipinski definition) is 1. The summed E-state index contributed by atoms with van der Waals surface area (Å²) in [5.41, 5.74) is -0.496. The van der Waals surface area contributed by atoms with E-state index < -0.39 is 11.9 Å². The van der Waals surface area contributed by atoms with E-state index in [9.17, 15) is 18.0 Å². The summed E-state index contributed by atoms with van der Waals surface area (Å²) >= 11 is 1.60. The Balaban J connectivity index is 1.16. The quantitative estimate of drug-likeness (QED) is 0.677. The number of carbonyl (C=O) groups is 1. The molecule has 0 bridgehead atoms. The minimum atomic E-state index is -4.46. The van der Waals surface area contributed by atoms with Crippen molar-refractivity contribution in [3.63, 3.8) is 0 Å². The van der Waals surface area contributed by atoms with Crippen molar-refractivity contribution in [1.29, 1.82) is 0 Å². The van der Waals surface area contributed by atoms with Crippen LogP contribution in [0.2, 0.25) is 0 Å². The molecule has 12 heteroatoms. The number of anilines is 2. The molecule has 0 atom stereocenters. The molecular formula is C21H28F3N7OS. The number of likely N-dealkylation sites (tertiary alicyclic amines) is 1. The first kappa shape index (κ1) is 23.7. The predicted octanol–water partition coefficient (Wildman–Crippen LogP) is 2.88. The summed E-state index contributed by atoms with van der Waals surface area (Å²) in [4.78, 5) is 22.5. The number of piperazine rings is 1. The molecule has 2 fully saturated rings. The molecule has 0 aromatic carbocycles. The van der Waals surface area contributed by atoms with Crippen molar-refractivity contribution >= 4 is 28.1 Å². The van der Waals surface area contributed by atoms with E-state index in [2.05, 4.69) is 30.3 Å². The van der Waals surface area contributed by atoms with Gasteiger partial charge in [0.15, 0.2) is 0 Å². The average molecular weight is 484 g/mol. The van der Waals surface area contributed by atoms with Gasteiger partial charge in [0.25, 0.3) is 0 Å². The summed E-state index contributed by atoms with van der Waals surface area (Å²) in [6.45, 7) is 7.45. The predicted molar refractivity (Wildman–Crippen MR) is 120 cm³/mol. The topological polar surface area (TPSA) is 77.5 Å². The third-order valence-electron chi connectivity index (χ3n) is 6.07. The first-order valence-electron chi connectivity index (χ1n) is 11.1. The van der Waals surface area contributed by atoms with Crippen molar-refractivity contribution in [2.75, 3.05) is 56.0 Å². The highest BCUT2D eigenvalue weighted by molar-refractivity contribution is 7.15. The first-order valence-corrected chi connectivity index (χ1v) is 11.9. The normalized spacial score (nSPS) is 18.5. The molecule has 2 aromatic rings. The number of piperidine rings is 1. The van der Waals surface area contributed by atoms with E-state index in [0.29, 0.717) is 38.0 Å². The molecule has 2 aliphatic heterocycles. The van der Waals surface area contributed by atoms with Crippen LogP contribution in [-0.4, -0.2) is 82.7 Å². The molecule has 2 aromatic heterocycles. The molecule has 4 heterocycles. The lowest BCUT2D eigenvalue weighted by Crippen LogP contribution is -2.48. The van der Waals surface area contributed by atoms with Crippen molar-refractivity contribution in [3.8, 4) is 0 Å².